The highest BCUT2D eigenvalue weighted by atomic mass is 19.3. The highest BCUT2D eigenvalue weighted by Gasteiger charge is 2.45. The van der Waals surface area contributed by atoms with E-state index in [1.807, 2.05) is 13.8 Å². The molecule has 45 heavy (non-hydrogen) atoms. The fourth-order valence-corrected chi connectivity index (χ4v) is 5.50. The van der Waals surface area contributed by atoms with Crippen molar-refractivity contribution in [3.8, 4) is 16.9 Å². The molecular formula is C30H35F3N6O6. The van der Waals surface area contributed by atoms with Crippen LogP contribution in [0.25, 0.3) is 16.6 Å². The molecule has 2 aliphatic carbocycles. The normalized spacial score (nSPS) is 20.6. The standard InChI is InChI=1S/C24H20F3N5O5.C4H9NO.C2H6/c1-31(24(34,35)36)18-6-15(20-12(10-33)3-2-4-19(20)37-23(26)27)21-17-5-14(13-7-28-11-29-8-13)16(25)9-32(17)30-22(18)21;5-3-1-4(6)2-3;1-2/h2-5,7-11,15,18,23,34-36H,6H2,1H3;3-4,6H,1-2,5H2;1-2H3. The van der Waals surface area contributed by atoms with Crippen molar-refractivity contribution in [3.63, 3.8) is 0 Å². The highest BCUT2D eigenvalue weighted by molar-refractivity contribution is 5.81. The molecule has 2 aliphatic rings. The van der Waals surface area contributed by atoms with E-state index in [1.54, 1.807) is 0 Å². The molecule has 0 aliphatic heterocycles. The van der Waals surface area contributed by atoms with Crippen molar-refractivity contribution in [2.75, 3.05) is 7.05 Å². The second-order valence-corrected chi connectivity index (χ2v) is 10.4. The van der Waals surface area contributed by atoms with Crippen LogP contribution in [-0.4, -0.2) is 83.1 Å². The van der Waals surface area contributed by atoms with E-state index in [2.05, 4.69) is 15.1 Å². The minimum atomic E-state index is -3.25. The summed E-state index contributed by atoms with van der Waals surface area (Å²) in [6.07, 6.45) is 4.00. The maximum absolute atomic E-state index is 15.1. The Labute approximate surface area is 256 Å². The minimum absolute atomic E-state index is 0.000292. The van der Waals surface area contributed by atoms with Crippen molar-refractivity contribution in [2.45, 2.75) is 69.9 Å². The van der Waals surface area contributed by atoms with E-state index < -0.39 is 30.5 Å². The van der Waals surface area contributed by atoms with E-state index in [-0.39, 0.29) is 40.7 Å². The predicted molar refractivity (Wildman–Crippen MR) is 156 cm³/mol. The van der Waals surface area contributed by atoms with Crippen LogP contribution >= 0.6 is 0 Å². The number of halogens is 3. The number of nitrogens with two attached hydrogens (primary N) is 1. The number of ether oxygens (including phenoxy) is 1. The SMILES string of the molecule is CC.CN(C1CC(c2c(C=O)cccc2OC(F)F)c2c1nn1cc(F)c(-c3cncnc3)cc21)C(O)(O)O.NC1CC(O)C1. The Hall–Kier alpha value is -3.99. The van der Waals surface area contributed by atoms with Gasteiger partial charge < -0.3 is 30.9 Å². The Morgan fingerprint density at radius 1 is 1.13 bits per heavy atom. The van der Waals surface area contributed by atoms with Gasteiger partial charge in [0.2, 0.25) is 0 Å². The van der Waals surface area contributed by atoms with Gasteiger partial charge in [-0.1, -0.05) is 26.0 Å². The maximum Gasteiger partial charge on any atom is 0.387 e. The first-order chi connectivity index (χ1) is 21.4. The molecule has 1 saturated carbocycles. The lowest BCUT2D eigenvalue weighted by Crippen LogP contribution is -2.47. The number of alkyl halides is 2. The Bertz CT molecular complexity index is 1610. The fraction of sp³-hybridized carbons (Fsp3) is 0.400. The molecule has 15 heteroatoms. The molecule has 2 atom stereocenters. The summed E-state index contributed by atoms with van der Waals surface area (Å²) >= 11 is 0. The first-order valence-corrected chi connectivity index (χ1v) is 14.2. The van der Waals surface area contributed by atoms with Crippen LogP contribution in [0.5, 0.6) is 5.75 Å². The molecule has 6 N–H and O–H groups in total. The van der Waals surface area contributed by atoms with Crippen molar-refractivity contribution in [2.24, 2.45) is 5.73 Å². The zero-order valence-electron chi connectivity index (χ0n) is 24.8. The summed E-state index contributed by atoms with van der Waals surface area (Å²) < 4.78 is 47.6. The van der Waals surface area contributed by atoms with Gasteiger partial charge in [0.25, 0.3) is 0 Å². The van der Waals surface area contributed by atoms with Crippen LogP contribution in [0.15, 0.2) is 49.2 Å². The van der Waals surface area contributed by atoms with Gasteiger partial charge in [0.05, 0.1) is 29.6 Å². The number of pyridine rings is 1. The fourth-order valence-electron chi connectivity index (χ4n) is 5.50. The van der Waals surface area contributed by atoms with Crippen LogP contribution in [0.4, 0.5) is 13.2 Å². The zero-order chi connectivity index (χ0) is 33.1. The van der Waals surface area contributed by atoms with Crippen molar-refractivity contribution in [1.82, 2.24) is 24.5 Å². The van der Waals surface area contributed by atoms with E-state index in [1.165, 1.54) is 54.5 Å². The molecule has 4 aromatic rings. The minimum Gasteiger partial charge on any atom is -0.434 e. The number of benzene rings is 1. The van der Waals surface area contributed by atoms with E-state index in [4.69, 9.17) is 15.6 Å². The topological polar surface area (TPSA) is 180 Å². The van der Waals surface area contributed by atoms with Crippen molar-refractivity contribution < 1.29 is 43.1 Å². The van der Waals surface area contributed by atoms with Crippen LogP contribution in [-0.2, 0) is 0 Å². The summed E-state index contributed by atoms with van der Waals surface area (Å²) in [4.78, 5) is 20.6. The number of carbonyl (C=O) groups excluding carboxylic acids is 1. The summed E-state index contributed by atoms with van der Waals surface area (Å²) in [6, 6.07) is 4.92. The van der Waals surface area contributed by atoms with Gasteiger partial charge in [0.1, 0.15) is 24.2 Å². The molecule has 0 spiro atoms. The number of rotatable bonds is 7. The molecule has 0 saturated heterocycles. The van der Waals surface area contributed by atoms with Gasteiger partial charge in [-0.25, -0.2) is 23.8 Å². The molecule has 6 rings (SSSR count). The van der Waals surface area contributed by atoms with E-state index in [0.29, 0.717) is 29.0 Å². The summed E-state index contributed by atoms with van der Waals surface area (Å²) in [5.41, 5.74) is 7.00. The van der Waals surface area contributed by atoms with Gasteiger partial charge in [-0.3, -0.25) is 4.79 Å². The molecule has 1 aromatic carbocycles. The van der Waals surface area contributed by atoms with Gasteiger partial charge in [0, 0.05) is 52.2 Å². The first-order valence-electron chi connectivity index (χ1n) is 14.2. The lowest BCUT2D eigenvalue weighted by molar-refractivity contribution is -0.396. The van der Waals surface area contributed by atoms with E-state index in [0.717, 1.165) is 23.9 Å². The number of hydrogen-bond acceptors (Lipinski definition) is 11. The monoisotopic (exact) mass is 632 g/mol. The van der Waals surface area contributed by atoms with Crippen LogP contribution in [0.1, 0.15) is 72.2 Å². The Morgan fingerprint density at radius 2 is 1.80 bits per heavy atom. The molecule has 242 valence electrons. The summed E-state index contributed by atoms with van der Waals surface area (Å²) in [7, 11) is 1.22. The Morgan fingerprint density at radius 3 is 2.33 bits per heavy atom. The average molecular weight is 633 g/mol. The molecule has 0 bridgehead atoms. The van der Waals surface area contributed by atoms with Crippen LogP contribution < -0.4 is 10.5 Å². The highest BCUT2D eigenvalue weighted by Crippen LogP contribution is 2.51. The summed E-state index contributed by atoms with van der Waals surface area (Å²) in [6.45, 7) is 0.822. The third-order valence-electron chi connectivity index (χ3n) is 7.66. The first kappa shape index (κ1) is 33.9. The van der Waals surface area contributed by atoms with Gasteiger partial charge in [-0.15, -0.1) is 0 Å². The lowest BCUT2D eigenvalue weighted by atomic mass is 9.88. The number of carbonyl (C=O) groups is 1. The molecule has 3 aromatic heterocycles. The number of aliphatic hydroxyl groups excluding tert-OH is 1. The smallest absolute Gasteiger partial charge is 0.387 e. The maximum atomic E-state index is 15.1. The van der Waals surface area contributed by atoms with Gasteiger partial charge in [-0.2, -0.15) is 13.9 Å². The molecule has 2 unspecified atom stereocenters. The zero-order valence-corrected chi connectivity index (χ0v) is 24.8. The van der Waals surface area contributed by atoms with E-state index in [9.17, 15) is 28.9 Å². The summed E-state index contributed by atoms with van der Waals surface area (Å²) in [5.74, 6) is -1.73. The van der Waals surface area contributed by atoms with Crippen molar-refractivity contribution >= 4 is 11.8 Å². The number of aliphatic hydroxyl groups is 4. The van der Waals surface area contributed by atoms with Gasteiger partial charge in [0.15, 0.2) is 0 Å². The largest absolute Gasteiger partial charge is 0.434 e. The Balaban J connectivity index is 0.000000509. The predicted octanol–water partition coefficient (Wildman–Crippen LogP) is 2.94. The van der Waals surface area contributed by atoms with Gasteiger partial charge >= 0.3 is 12.7 Å². The third-order valence-corrected chi connectivity index (χ3v) is 7.66. The van der Waals surface area contributed by atoms with Crippen LogP contribution in [0, 0.1) is 5.82 Å². The lowest BCUT2D eigenvalue weighted by Gasteiger charge is -2.31. The molecule has 3 heterocycles. The van der Waals surface area contributed by atoms with Crippen molar-refractivity contribution in [3.05, 3.63) is 77.4 Å². The third kappa shape index (κ3) is 7.13. The molecular weight excluding hydrogens is 597 g/mol. The average Bonchev–Trinajstić information content (AvgIpc) is 3.53. The van der Waals surface area contributed by atoms with Crippen LogP contribution in [0.2, 0.25) is 0 Å². The number of aldehydes is 1. The molecule has 1 fully saturated rings. The number of fused-ring (bicyclic) bond motifs is 3. The second kappa shape index (κ2) is 14.0. The number of aromatic nitrogens is 4. The van der Waals surface area contributed by atoms with Crippen LogP contribution in [0.3, 0.4) is 0 Å². The molecule has 0 radical (unpaired) electrons. The summed E-state index contributed by atoms with van der Waals surface area (Å²) in [5, 5.41) is 42.5. The molecule has 12 nitrogen and oxygen atoms in total. The number of hydrogen-bond donors (Lipinski definition) is 5. The quantitative estimate of drug-likeness (QED) is 0.149. The number of nitrogens with zero attached hydrogens (tertiary/aromatic N) is 5. The second-order valence-electron chi connectivity index (χ2n) is 10.4. The van der Waals surface area contributed by atoms with Gasteiger partial charge in [-0.05, 0) is 38.4 Å². The van der Waals surface area contributed by atoms with E-state index >= 15 is 4.39 Å². The molecule has 0 amide bonds. The van der Waals surface area contributed by atoms with Crippen molar-refractivity contribution in [1.29, 1.82) is 0 Å². The Kier molecular flexibility index (Phi) is 10.5.